The highest BCUT2D eigenvalue weighted by Crippen LogP contribution is 2.23. The van der Waals surface area contributed by atoms with E-state index < -0.39 is 11.6 Å². The molecule has 0 aliphatic rings. The fourth-order valence-electron chi connectivity index (χ4n) is 1.57. The summed E-state index contributed by atoms with van der Waals surface area (Å²) >= 11 is 1.67. The van der Waals surface area contributed by atoms with Crippen LogP contribution in [0.3, 0.4) is 0 Å². The third-order valence-corrected chi connectivity index (χ3v) is 3.26. The molecule has 1 nitrogen and oxygen atoms in total. The summed E-state index contributed by atoms with van der Waals surface area (Å²) in [5.74, 6) is 0.686. The van der Waals surface area contributed by atoms with Gasteiger partial charge in [0.25, 0.3) is 0 Å². The van der Waals surface area contributed by atoms with Crippen LogP contribution in [0, 0.1) is 11.6 Å². The summed E-state index contributed by atoms with van der Waals surface area (Å²) in [5, 5.41) is 3.11. The molecule has 1 aromatic carbocycles. The third kappa shape index (κ3) is 3.46. The number of hydrogen-bond donors (Lipinski definition) is 1. The molecule has 1 atom stereocenters. The largest absolute Gasteiger partial charge is 0.309 e. The molecule has 0 radical (unpaired) electrons. The van der Waals surface area contributed by atoms with Crippen molar-refractivity contribution in [1.82, 2.24) is 5.32 Å². The van der Waals surface area contributed by atoms with Crippen LogP contribution in [-0.2, 0) is 0 Å². The molecule has 1 aromatic rings. The van der Waals surface area contributed by atoms with Crippen molar-refractivity contribution in [2.45, 2.75) is 19.9 Å². The fraction of sp³-hybridized carbons (Fsp3) is 0.500. The number of rotatable bonds is 6. The third-order valence-electron chi connectivity index (χ3n) is 2.29. The normalized spacial score (nSPS) is 12.8. The second-order valence-corrected chi connectivity index (χ2v) is 4.72. The molecule has 4 heteroatoms. The van der Waals surface area contributed by atoms with Crippen molar-refractivity contribution in [3.8, 4) is 0 Å². The van der Waals surface area contributed by atoms with Crippen molar-refractivity contribution < 1.29 is 8.78 Å². The van der Waals surface area contributed by atoms with Crippen LogP contribution in [0.1, 0.15) is 25.5 Å². The first-order valence-electron chi connectivity index (χ1n) is 5.45. The van der Waals surface area contributed by atoms with E-state index in [2.05, 4.69) is 5.32 Å². The van der Waals surface area contributed by atoms with Crippen LogP contribution in [-0.4, -0.2) is 18.1 Å². The number of hydrogen-bond acceptors (Lipinski definition) is 2. The molecular formula is C12H17F2NS. The van der Waals surface area contributed by atoms with E-state index in [1.54, 1.807) is 11.8 Å². The zero-order valence-electron chi connectivity index (χ0n) is 9.59. The predicted molar refractivity (Wildman–Crippen MR) is 65.8 cm³/mol. The second kappa shape index (κ2) is 6.86. The van der Waals surface area contributed by atoms with Crippen LogP contribution in [0.4, 0.5) is 8.78 Å². The average Bonchev–Trinajstić information content (AvgIpc) is 2.25. The van der Waals surface area contributed by atoms with Gasteiger partial charge in [0.1, 0.15) is 11.6 Å². The minimum absolute atomic E-state index is 0.158. The van der Waals surface area contributed by atoms with Crippen LogP contribution < -0.4 is 5.32 Å². The van der Waals surface area contributed by atoms with Crippen molar-refractivity contribution in [3.63, 3.8) is 0 Å². The van der Waals surface area contributed by atoms with Crippen LogP contribution in [0.15, 0.2) is 18.2 Å². The molecule has 1 unspecified atom stereocenters. The molecule has 0 spiro atoms. The highest BCUT2D eigenvalue weighted by Gasteiger charge is 2.18. The van der Waals surface area contributed by atoms with Gasteiger partial charge in [-0.3, -0.25) is 0 Å². The van der Waals surface area contributed by atoms with Gasteiger partial charge in [-0.05, 0) is 24.4 Å². The van der Waals surface area contributed by atoms with E-state index in [4.69, 9.17) is 0 Å². The van der Waals surface area contributed by atoms with E-state index in [1.807, 2.05) is 13.8 Å². The summed E-state index contributed by atoms with van der Waals surface area (Å²) in [4.78, 5) is 0. The average molecular weight is 245 g/mol. The molecule has 0 saturated heterocycles. The number of thioether (sulfide) groups is 1. The molecule has 0 aliphatic carbocycles. The fourth-order valence-corrected chi connectivity index (χ4v) is 2.33. The van der Waals surface area contributed by atoms with Gasteiger partial charge in [0.05, 0.1) is 0 Å². The van der Waals surface area contributed by atoms with Crippen molar-refractivity contribution in [3.05, 3.63) is 35.4 Å². The first-order valence-corrected chi connectivity index (χ1v) is 6.61. The Balaban J connectivity index is 2.90. The van der Waals surface area contributed by atoms with Gasteiger partial charge in [-0.1, -0.05) is 19.9 Å². The first-order chi connectivity index (χ1) is 7.70. The molecule has 1 rings (SSSR count). The molecule has 0 heterocycles. The van der Waals surface area contributed by atoms with E-state index in [1.165, 1.54) is 18.2 Å². The molecule has 0 aliphatic heterocycles. The maximum atomic E-state index is 13.6. The maximum Gasteiger partial charge on any atom is 0.130 e. The zero-order valence-corrected chi connectivity index (χ0v) is 10.4. The molecule has 0 bridgehead atoms. The monoisotopic (exact) mass is 245 g/mol. The van der Waals surface area contributed by atoms with Crippen molar-refractivity contribution in [2.24, 2.45) is 0 Å². The Kier molecular flexibility index (Phi) is 5.77. The summed E-state index contributed by atoms with van der Waals surface area (Å²) in [6, 6.07) is 3.75. The standard InChI is InChI=1S/C12H17F2NS/c1-3-15-11(8-16-4-2)12-9(13)6-5-7-10(12)14/h5-7,11,15H,3-4,8H2,1-2H3. The highest BCUT2D eigenvalue weighted by molar-refractivity contribution is 7.99. The van der Waals surface area contributed by atoms with Gasteiger partial charge < -0.3 is 5.32 Å². The lowest BCUT2D eigenvalue weighted by atomic mass is 10.1. The smallest absolute Gasteiger partial charge is 0.130 e. The van der Waals surface area contributed by atoms with Crippen LogP contribution in [0.25, 0.3) is 0 Å². The summed E-state index contributed by atoms with van der Waals surface area (Å²) in [6.07, 6.45) is 0. The van der Waals surface area contributed by atoms with Crippen molar-refractivity contribution in [1.29, 1.82) is 0 Å². The molecular weight excluding hydrogens is 228 g/mol. The molecule has 0 amide bonds. The Hall–Kier alpha value is -0.610. The van der Waals surface area contributed by atoms with Gasteiger partial charge >= 0.3 is 0 Å². The number of nitrogens with one attached hydrogen (secondary N) is 1. The quantitative estimate of drug-likeness (QED) is 0.824. The highest BCUT2D eigenvalue weighted by atomic mass is 32.2. The minimum Gasteiger partial charge on any atom is -0.309 e. The molecule has 90 valence electrons. The lowest BCUT2D eigenvalue weighted by molar-refractivity contribution is 0.500. The molecule has 0 fully saturated rings. The van der Waals surface area contributed by atoms with E-state index in [0.29, 0.717) is 12.3 Å². The van der Waals surface area contributed by atoms with Crippen molar-refractivity contribution in [2.75, 3.05) is 18.1 Å². The Morgan fingerprint density at radius 3 is 2.38 bits per heavy atom. The van der Waals surface area contributed by atoms with Gasteiger partial charge in [0.2, 0.25) is 0 Å². The number of halogens is 2. The topological polar surface area (TPSA) is 12.0 Å². The molecule has 0 saturated carbocycles. The molecule has 1 N–H and O–H groups in total. The van der Waals surface area contributed by atoms with E-state index >= 15 is 0 Å². The molecule has 0 aromatic heterocycles. The van der Waals surface area contributed by atoms with E-state index in [9.17, 15) is 8.78 Å². The second-order valence-electron chi connectivity index (χ2n) is 3.41. The van der Waals surface area contributed by atoms with Gasteiger partial charge in [0.15, 0.2) is 0 Å². The zero-order chi connectivity index (χ0) is 12.0. The Labute approximate surface area is 99.6 Å². The van der Waals surface area contributed by atoms with Crippen molar-refractivity contribution >= 4 is 11.8 Å². The Morgan fingerprint density at radius 1 is 1.25 bits per heavy atom. The van der Waals surface area contributed by atoms with Crippen LogP contribution in [0.5, 0.6) is 0 Å². The Bertz CT molecular complexity index is 311. The summed E-state index contributed by atoms with van der Waals surface area (Å²) in [6.45, 7) is 4.66. The lowest BCUT2D eigenvalue weighted by Gasteiger charge is -2.18. The summed E-state index contributed by atoms with van der Waals surface area (Å²) < 4.78 is 27.1. The van der Waals surface area contributed by atoms with E-state index in [-0.39, 0.29) is 11.6 Å². The summed E-state index contributed by atoms with van der Waals surface area (Å²) in [5.41, 5.74) is 0.158. The van der Waals surface area contributed by atoms with E-state index in [0.717, 1.165) is 5.75 Å². The van der Waals surface area contributed by atoms with Gasteiger partial charge in [-0.2, -0.15) is 11.8 Å². The van der Waals surface area contributed by atoms with Gasteiger partial charge in [0, 0.05) is 17.4 Å². The Morgan fingerprint density at radius 2 is 1.88 bits per heavy atom. The SMILES string of the molecule is CCNC(CSCC)c1c(F)cccc1F. The summed E-state index contributed by atoms with van der Waals surface area (Å²) in [7, 11) is 0. The van der Waals surface area contributed by atoms with Crippen LogP contribution in [0.2, 0.25) is 0 Å². The number of benzene rings is 1. The van der Waals surface area contributed by atoms with Crippen LogP contribution >= 0.6 is 11.8 Å². The van der Waals surface area contributed by atoms with Gasteiger partial charge in [-0.25, -0.2) is 8.78 Å². The minimum atomic E-state index is -0.470. The predicted octanol–water partition coefficient (Wildman–Crippen LogP) is 3.37. The van der Waals surface area contributed by atoms with Gasteiger partial charge in [-0.15, -0.1) is 0 Å². The lowest BCUT2D eigenvalue weighted by Crippen LogP contribution is -2.25. The molecule has 16 heavy (non-hydrogen) atoms. The first kappa shape index (κ1) is 13.5. The maximum absolute atomic E-state index is 13.6.